The molecule has 15 nitrogen and oxygen atoms in total. The van der Waals surface area contributed by atoms with Crippen LogP contribution in [0.5, 0.6) is 0 Å². The summed E-state index contributed by atoms with van der Waals surface area (Å²) in [6.07, 6.45) is 0. The van der Waals surface area contributed by atoms with Crippen molar-refractivity contribution in [2.75, 3.05) is 17.2 Å². The van der Waals surface area contributed by atoms with Crippen molar-refractivity contribution in [2.45, 2.75) is 0 Å². The molecule has 3 rings (SSSR count). The molecule has 41 heavy (non-hydrogen) atoms. The maximum Gasteiger partial charge on any atom is 3.00 e. The first-order valence-electron chi connectivity index (χ1n) is 10.0. The fourth-order valence-corrected chi connectivity index (χ4v) is 2.63. The second-order valence-corrected chi connectivity index (χ2v) is 7.13. The fraction of sp³-hybridized carbons (Fsp3) is 0. The maximum atomic E-state index is 10.3. The van der Waals surface area contributed by atoms with Crippen LogP contribution >= 0.6 is 0 Å². The Kier molecular flexibility index (Phi) is 15.8. The van der Waals surface area contributed by atoms with E-state index in [0.717, 1.165) is 54.6 Å². The Morgan fingerprint density at radius 2 is 0.585 bits per heavy atom. The van der Waals surface area contributed by atoms with E-state index in [4.69, 9.17) is 17.2 Å². The van der Waals surface area contributed by atoms with Crippen molar-refractivity contribution in [1.29, 1.82) is 0 Å². The van der Waals surface area contributed by atoms with E-state index in [9.17, 15) is 59.4 Å². The largest absolute Gasteiger partial charge is 3.00 e. The first-order chi connectivity index (χ1) is 18.1. The zero-order valence-electron chi connectivity index (χ0n) is 20.0. The molecule has 0 aromatic heterocycles. The van der Waals surface area contributed by atoms with E-state index in [1.807, 2.05) is 0 Å². The van der Waals surface area contributed by atoms with Crippen molar-refractivity contribution in [1.82, 2.24) is 0 Å². The number of aromatic carboxylic acids is 6. The number of hydrogen-bond acceptors (Lipinski definition) is 15. The third-order valence-electron chi connectivity index (χ3n) is 4.52. The maximum absolute atomic E-state index is 10.3. The Morgan fingerprint density at radius 1 is 0.390 bits per heavy atom. The average Bonchev–Trinajstić information content (AvgIpc) is 2.83. The van der Waals surface area contributed by atoms with E-state index in [1.54, 1.807) is 0 Å². The zero-order chi connectivity index (χ0) is 30.0. The third kappa shape index (κ3) is 11.4. The number of carbonyl (C=O) groups is 6. The molecule has 3 aromatic rings. The smallest absolute Gasteiger partial charge is 0.545 e. The van der Waals surface area contributed by atoms with Gasteiger partial charge in [-0.05, 0) is 34.9 Å². The van der Waals surface area contributed by atoms with E-state index in [0.29, 0.717) is 0 Å². The van der Waals surface area contributed by atoms with Crippen LogP contribution in [0.3, 0.4) is 0 Å². The van der Waals surface area contributed by atoms with E-state index in [-0.39, 0.29) is 89.4 Å². The summed E-state index contributed by atoms with van der Waals surface area (Å²) in [4.78, 5) is 62.0. The summed E-state index contributed by atoms with van der Waals surface area (Å²) in [7, 11) is 0. The fourth-order valence-electron chi connectivity index (χ4n) is 2.63. The summed E-state index contributed by atoms with van der Waals surface area (Å²) in [5.74, 6) is -8.54. The summed E-state index contributed by atoms with van der Waals surface area (Å²) in [5, 5.41) is 62.0. The van der Waals surface area contributed by atoms with Crippen molar-refractivity contribution in [3.05, 3.63) is 88.0 Å². The molecule has 3 aromatic carbocycles. The van der Waals surface area contributed by atoms with E-state index < -0.39 is 35.8 Å². The van der Waals surface area contributed by atoms with Crippen molar-refractivity contribution in [3.63, 3.8) is 0 Å². The molecule has 6 N–H and O–H groups in total. The van der Waals surface area contributed by atoms with Crippen LogP contribution in [0.1, 0.15) is 62.1 Å². The minimum Gasteiger partial charge on any atom is -0.545 e. The summed E-state index contributed by atoms with van der Waals surface area (Å²) in [5.41, 5.74) is 14.1. The van der Waals surface area contributed by atoms with Gasteiger partial charge in [0.1, 0.15) is 0 Å². The number of rotatable bonds is 6. The van der Waals surface area contributed by atoms with Crippen LogP contribution in [-0.2, 0) is 39.0 Å². The number of benzene rings is 3. The second-order valence-electron chi connectivity index (χ2n) is 7.13. The van der Waals surface area contributed by atoms with Crippen LogP contribution in [0.15, 0.2) is 54.6 Å². The number of carbonyl (C=O) groups excluding carboxylic acids is 6. The molecule has 0 spiro atoms. The van der Waals surface area contributed by atoms with Crippen LogP contribution in [0, 0.1) is 0 Å². The molecule has 214 valence electrons. The Bertz CT molecular complexity index is 1300. The van der Waals surface area contributed by atoms with Crippen molar-refractivity contribution >= 4 is 52.9 Å². The van der Waals surface area contributed by atoms with Crippen molar-refractivity contribution in [2.24, 2.45) is 0 Å². The van der Waals surface area contributed by atoms with Gasteiger partial charge in [-0.25, -0.2) is 0 Å². The quantitative estimate of drug-likeness (QED) is 0.157. The number of carboxylic acid groups (broad SMARTS) is 6. The predicted octanol–water partition coefficient (Wildman–Crippen LogP) is -6.02. The van der Waals surface area contributed by atoms with E-state index in [1.165, 1.54) is 0 Å². The van der Waals surface area contributed by atoms with Gasteiger partial charge in [-0.2, -0.15) is 0 Å². The molecule has 0 fully saturated rings. The van der Waals surface area contributed by atoms with Crippen LogP contribution in [0.4, 0.5) is 17.1 Å². The van der Waals surface area contributed by atoms with Gasteiger partial charge in [0, 0.05) is 33.8 Å². The number of anilines is 3. The molecular weight excluding hydrogens is 724 g/mol. The molecule has 0 saturated carbocycles. The molecule has 0 saturated heterocycles. The van der Waals surface area contributed by atoms with E-state index in [2.05, 4.69) is 0 Å². The van der Waals surface area contributed by atoms with Gasteiger partial charge in [0.15, 0.2) is 0 Å². The number of carboxylic acids is 6. The molecule has 0 atom stereocenters. The van der Waals surface area contributed by atoms with Crippen LogP contribution in [0.25, 0.3) is 0 Å². The van der Waals surface area contributed by atoms with Gasteiger partial charge in [-0.1, -0.05) is 36.4 Å². The van der Waals surface area contributed by atoms with Crippen molar-refractivity contribution in [3.8, 4) is 0 Å². The minimum absolute atomic E-state index is 0. The van der Waals surface area contributed by atoms with Gasteiger partial charge in [0.2, 0.25) is 0 Å². The number of nitrogens with two attached hydrogens (primary N) is 3. The van der Waals surface area contributed by atoms with E-state index >= 15 is 0 Å². The Balaban J connectivity index is 0. The summed E-state index contributed by atoms with van der Waals surface area (Å²) in [6.45, 7) is 0. The molecule has 0 unspecified atom stereocenters. The average molecular weight is 740 g/mol. The van der Waals surface area contributed by atoms with Gasteiger partial charge >= 0.3 is 39.0 Å². The topological polar surface area (TPSA) is 319 Å². The predicted molar refractivity (Wildman–Crippen MR) is 119 cm³/mol. The van der Waals surface area contributed by atoms with Crippen LogP contribution in [-0.4, -0.2) is 35.8 Å². The molecule has 0 bridgehead atoms. The van der Waals surface area contributed by atoms with Crippen LogP contribution in [0.2, 0.25) is 0 Å². The molecule has 0 aliphatic carbocycles. The second kappa shape index (κ2) is 17.0. The number of hydrogen-bond donors (Lipinski definition) is 3. The Labute approximate surface area is 255 Å². The van der Waals surface area contributed by atoms with Crippen LogP contribution < -0.4 is 47.8 Å². The first kappa shape index (κ1) is 38.3. The molecule has 0 heterocycles. The standard InChI is InChI=1S/3C8H7NO4.2Ru/c3*9-6-3-4(7(10)11)1-2-5(6)8(12)13;;/h3*1-3H,9H2,(H,10,11)(H,12,13);;/q;;;2*+3/p-6. The Morgan fingerprint density at radius 3 is 0.707 bits per heavy atom. The van der Waals surface area contributed by atoms with Gasteiger partial charge in [0.25, 0.3) is 0 Å². The zero-order valence-corrected chi connectivity index (χ0v) is 23.5. The van der Waals surface area contributed by atoms with Gasteiger partial charge in [0.05, 0.1) is 35.8 Å². The van der Waals surface area contributed by atoms with Gasteiger partial charge in [-0.3, -0.25) is 0 Å². The summed E-state index contributed by atoms with van der Waals surface area (Å²) in [6, 6.07) is 9.52. The first-order valence-corrected chi connectivity index (χ1v) is 10.0. The molecule has 0 amide bonds. The summed E-state index contributed by atoms with van der Waals surface area (Å²) < 4.78 is 0. The van der Waals surface area contributed by atoms with Gasteiger partial charge < -0.3 is 76.6 Å². The SMILES string of the molecule is Nc1cc(C(=O)[O-])ccc1C(=O)[O-].Nc1cc(C(=O)[O-])ccc1C(=O)[O-].Nc1cc(C(=O)[O-])ccc1C(=O)[O-].[Ru+3].[Ru+3]. The third-order valence-corrected chi connectivity index (χ3v) is 4.52. The molecule has 0 aliphatic rings. The normalized spacial score (nSPS) is 9.07. The Hall–Kier alpha value is -4.87. The monoisotopic (exact) mass is 741 g/mol. The van der Waals surface area contributed by atoms with Gasteiger partial charge in [-0.15, -0.1) is 0 Å². The molecule has 17 heteroatoms. The number of nitrogen functional groups attached to an aromatic ring is 3. The molecule has 2 radical (unpaired) electrons. The molecule has 0 aliphatic heterocycles. The molecular formula is C24H15N3O12Ru2. The van der Waals surface area contributed by atoms with Crippen molar-refractivity contribution < 1.29 is 98.4 Å². The minimum atomic E-state index is -1.44. The summed E-state index contributed by atoms with van der Waals surface area (Å²) >= 11 is 0.